The Bertz CT molecular complexity index is 399. The number of nitrogens with one attached hydrogen (secondary N) is 1. The van der Waals surface area contributed by atoms with Crippen molar-refractivity contribution in [3.05, 3.63) is 29.3 Å². The van der Waals surface area contributed by atoms with Gasteiger partial charge in [-0.25, -0.2) is 0 Å². The van der Waals surface area contributed by atoms with Crippen LogP contribution in [0.4, 0.5) is 5.69 Å². The zero-order valence-electron chi connectivity index (χ0n) is 10.4. The third-order valence-electron chi connectivity index (χ3n) is 3.87. The summed E-state index contributed by atoms with van der Waals surface area (Å²) in [4.78, 5) is 2.57. The molecule has 0 saturated carbocycles. The van der Waals surface area contributed by atoms with E-state index in [0.717, 1.165) is 32.8 Å². The molecule has 3 rings (SSSR count). The van der Waals surface area contributed by atoms with E-state index in [1.807, 2.05) is 0 Å². The van der Waals surface area contributed by atoms with Gasteiger partial charge in [-0.3, -0.25) is 4.90 Å². The molecule has 17 heavy (non-hydrogen) atoms. The van der Waals surface area contributed by atoms with E-state index in [4.69, 9.17) is 4.74 Å². The lowest BCUT2D eigenvalue weighted by Crippen LogP contribution is -2.41. The Balaban J connectivity index is 1.90. The van der Waals surface area contributed by atoms with Gasteiger partial charge in [0.1, 0.15) is 0 Å². The van der Waals surface area contributed by atoms with Crippen molar-refractivity contribution in [2.45, 2.75) is 19.4 Å². The summed E-state index contributed by atoms with van der Waals surface area (Å²) in [5, 5.41) is 3.54. The Morgan fingerprint density at radius 3 is 2.94 bits per heavy atom. The number of morpholine rings is 1. The number of hydrogen-bond donors (Lipinski definition) is 1. The van der Waals surface area contributed by atoms with Crippen LogP contribution >= 0.6 is 0 Å². The van der Waals surface area contributed by atoms with Gasteiger partial charge in [0.2, 0.25) is 0 Å². The topological polar surface area (TPSA) is 24.5 Å². The third kappa shape index (κ3) is 2.05. The van der Waals surface area contributed by atoms with Gasteiger partial charge in [0.05, 0.1) is 13.2 Å². The summed E-state index contributed by atoms with van der Waals surface area (Å²) in [5.74, 6) is 0. The van der Waals surface area contributed by atoms with E-state index in [0.29, 0.717) is 6.04 Å². The molecule has 0 bridgehead atoms. The van der Waals surface area contributed by atoms with Gasteiger partial charge in [-0.2, -0.15) is 0 Å². The average molecular weight is 232 g/mol. The van der Waals surface area contributed by atoms with Gasteiger partial charge in [0, 0.05) is 31.4 Å². The predicted molar refractivity (Wildman–Crippen MR) is 69.4 cm³/mol. The van der Waals surface area contributed by atoms with Gasteiger partial charge in [-0.1, -0.05) is 18.2 Å². The van der Waals surface area contributed by atoms with Crippen LogP contribution in [-0.4, -0.2) is 37.7 Å². The van der Waals surface area contributed by atoms with Gasteiger partial charge in [0.15, 0.2) is 0 Å². The molecule has 1 atom stereocenters. The molecule has 1 fully saturated rings. The molecule has 2 aliphatic rings. The summed E-state index contributed by atoms with van der Waals surface area (Å²) in [7, 11) is 0. The fourth-order valence-corrected chi connectivity index (χ4v) is 2.97. The van der Waals surface area contributed by atoms with Crippen LogP contribution in [0.1, 0.15) is 23.6 Å². The lowest BCUT2D eigenvalue weighted by molar-refractivity contribution is 0.0144. The van der Waals surface area contributed by atoms with Crippen LogP contribution in [0.2, 0.25) is 0 Å². The number of benzene rings is 1. The van der Waals surface area contributed by atoms with Crippen LogP contribution in [-0.2, 0) is 4.74 Å². The highest BCUT2D eigenvalue weighted by molar-refractivity contribution is 5.60. The number of nitrogens with zero attached hydrogens (tertiary/aromatic N) is 1. The van der Waals surface area contributed by atoms with Crippen molar-refractivity contribution in [3.63, 3.8) is 0 Å². The van der Waals surface area contributed by atoms with E-state index in [2.05, 4.69) is 35.3 Å². The Morgan fingerprint density at radius 2 is 2.12 bits per heavy atom. The van der Waals surface area contributed by atoms with Crippen LogP contribution < -0.4 is 5.32 Å². The van der Waals surface area contributed by atoms with Crippen molar-refractivity contribution in [2.24, 2.45) is 0 Å². The number of fused-ring (bicyclic) bond motifs is 1. The van der Waals surface area contributed by atoms with Crippen LogP contribution in [0.15, 0.2) is 18.2 Å². The van der Waals surface area contributed by atoms with Gasteiger partial charge >= 0.3 is 0 Å². The molecule has 0 aromatic heterocycles. The SMILES string of the molecule is Cc1cccc2c1NCCC2N1CCOCC1. The van der Waals surface area contributed by atoms with Gasteiger partial charge in [-0.15, -0.1) is 0 Å². The first kappa shape index (κ1) is 11.1. The van der Waals surface area contributed by atoms with Crippen LogP contribution in [0.3, 0.4) is 0 Å². The standard InChI is InChI=1S/C14H20N2O/c1-11-3-2-4-12-13(5-6-15-14(11)12)16-7-9-17-10-8-16/h2-4,13,15H,5-10H2,1H3. The molecule has 1 aromatic rings. The largest absolute Gasteiger partial charge is 0.384 e. The molecule has 1 unspecified atom stereocenters. The lowest BCUT2D eigenvalue weighted by Gasteiger charge is -2.38. The second-order valence-electron chi connectivity index (χ2n) is 4.92. The van der Waals surface area contributed by atoms with Crippen molar-refractivity contribution in [2.75, 3.05) is 38.2 Å². The second-order valence-corrected chi connectivity index (χ2v) is 4.92. The fourth-order valence-electron chi connectivity index (χ4n) is 2.97. The molecule has 0 aliphatic carbocycles. The number of rotatable bonds is 1. The van der Waals surface area contributed by atoms with E-state index < -0.39 is 0 Å². The molecule has 1 saturated heterocycles. The number of anilines is 1. The molecule has 0 radical (unpaired) electrons. The summed E-state index contributed by atoms with van der Waals surface area (Å²) >= 11 is 0. The van der Waals surface area contributed by atoms with Crippen LogP contribution in [0.25, 0.3) is 0 Å². The van der Waals surface area contributed by atoms with E-state index in [-0.39, 0.29) is 0 Å². The third-order valence-corrected chi connectivity index (χ3v) is 3.87. The number of aryl methyl sites for hydroxylation is 1. The summed E-state index contributed by atoms with van der Waals surface area (Å²) in [6.07, 6.45) is 1.20. The van der Waals surface area contributed by atoms with Crippen molar-refractivity contribution >= 4 is 5.69 Å². The molecule has 1 aromatic carbocycles. The highest BCUT2D eigenvalue weighted by Crippen LogP contribution is 2.36. The first-order valence-corrected chi connectivity index (χ1v) is 6.51. The molecule has 1 N–H and O–H groups in total. The van der Waals surface area contributed by atoms with E-state index in [1.165, 1.54) is 23.2 Å². The van der Waals surface area contributed by atoms with E-state index in [1.54, 1.807) is 0 Å². The molecule has 2 aliphatic heterocycles. The monoisotopic (exact) mass is 232 g/mol. The molecule has 0 amide bonds. The lowest BCUT2D eigenvalue weighted by atomic mass is 9.94. The smallest absolute Gasteiger partial charge is 0.0594 e. The quantitative estimate of drug-likeness (QED) is 0.803. The first-order valence-electron chi connectivity index (χ1n) is 6.51. The normalized spacial score (nSPS) is 25.1. The zero-order chi connectivity index (χ0) is 11.7. The number of para-hydroxylation sites is 1. The highest BCUT2D eigenvalue weighted by atomic mass is 16.5. The van der Waals surface area contributed by atoms with Gasteiger partial charge < -0.3 is 10.1 Å². The van der Waals surface area contributed by atoms with Gasteiger partial charge in [-0.05, 0) is 24.5 Å². The Hall–Kier alpha value is -1.06. The minimum absolute atomic E-state index is 0.579. The van der Waals surface area contributed by atoms with Crippen LogP contribution in [0, 0.1) is 6.92 Å². The Kier molecular flexibility index (Phi) is 3.04. The van der Waals surface area contributed by atoms with Gasteiger partial charge in [0.25, 0.3) is 0 Å². The Morgan fingerprint density at radius 1 is 1.29 bits per heavy atom. The molecular weight excluding hydrogens is 212 g/mol. The maximum atomic E-state index is 5.44. The first-order chi connectivity index (χ1) is 8.36. The minimum Gasteiger partial charge on any atom is -0.384 e. The van der Waals surface area contributed by atoms with Crippen molar-refractivity contribution in [1.82, 2.24) is 4.90 Å². The predicted octanol–water partition coefficient (Wildman–Crippen LogP) is 2.18. The van der Waals surface area contributed by atoms with E-state index in [9.17, 15) is 0 Å². The van der Waals surface area contributed by atoms with Crippen molar-refractivity contribution < 1.29 is 4.74 Å². The summed E-state index contributed by atoms with van der Waals surface area (Å²) in [6.45, 7) is 7.17. The van der Waals surface area contributed by atoms with Crippen LogP contribution in [0.5, 0.6) is 0 Å². The fraction of sp³-hybridized carbons (Fsp3) is 0.571. The molecular formula is C14H20N2O. The molecule has 2 heterocycles. The maximum Gasteiger partial charge on any atom is 0.0594 e. The highest BCUT2D eigenvalue weighted by Gasteiger charge is 2.27. The summed E-state index contributed by atoms with van der Waals surface area (Å²) in [5.41, 5.74) is 4.19. The number of hydrogen-bond acceptors (Lipinski definition) is 3. The molecule has 92 valence electrons. The second kappa shape index (κ2) is 4.67. The minimum atomic E-state index is 0.579. The zero-order valence-corrected chi connectivity index (χ0v) is 10.4. The summed E-state index contributed by atoms with van der Waals surface area (Å²) in [6, 6.07) is 7.21. The summed E-state index contributed by atoms with van der Waals surface area (Å²) < 4.78 is 5.44. The molecule has 3 heteroatoms. The molecule has 3 nitrogen and oxygen atoms in total. The maximum absolute atomic E-state index is 5.44. The van der Waals surface area contributed by atoms with E-state index >= 15 is 0 Å². The van der Waals surface area contributed by atoms with Crippen molar-refractivity contribution in [3.8, 4) is 0 Å². The number of ether oxygens (including phenoxy) is 1. The molecule has 0 spiro atoms. The van der Waals surface area contributed by atoms with Crippen molar-refractivity contribution in [1.29, 1.82) is 0 Å². The Labute approximate surface area is 103 Å². The average Bonchev–Trinajstić information content (AvgIpc) is 2.40.